The first kappa shape index (κ1) is 15.9. The quantitative estimate of drug-likeness (QED) is 0.292. The molecule has 0 amide bonds. The van der Waals surface area contributed by atoms with Gasteiger partial charge in [-0.1, -0.05) is 0 Å². The first-order valence-corrected chi connectivity index (χ1v) is 2.68. The normalized spacial score (nSPS) is 8.57. The van der Waals surface area contributed by atoms with Crippen molar-refractivity contribution in [2.24, 2.45) is 0 Å². The van der Waals surface area contributed by atoms with Gasteiger partial charge in [0.15, 0.2) is 0 Å². The van der Waals surface area contributed by atoms with Gasteiger partial charge in [0, 0.05) is 0 Å². The van der Waals surface area contributed by atoms with E-state index in [9.17, 15) is 0 Å². The minimum absolute atomic E-state index is 0. The third-order valence-electron chi connectivity index (χ3n) is 0. The summed E-state index contributed by atoms with van der Waals surface area (Å²) in [6.07, 6.45) is 0. The van der Waals surface area contributed by atoms with E-state index in [4.69, 9.17) is 19.2 Å². The Hall–Kier alpha value is 1.80. The standard InChI is InChI=1S/H4O4Si.Pb.Sb.5H/c1-5(2,3)4;;;;;;;/h1-4H;;;;;;;. The molecule has 0 aromatic carbocycles. The van der Waals surface area contributed by atoms with Gasteiger partial charge in [-0.2, -0.15) is 0 Å². The van der Waals surface area contributed by atoms with Crippen molar-refractivity contribution in [3.05, 3.63) is 0 Å². The van der Waals surface area contributed by atoms with Crippen LogP contribution >= 0.6 is 0 Å². The first-order valence-electron chi connectivity index (χ1n) is 0.894. The van der Waals surface area contributed by atoms with E-state index >= 15 is 0 Å². The van der Waals surface area contributed by atoms with E-state index in [2.05, 4.69) is 0 Å². The summed E-state index contributed by atoms with van der Waals surface area (Å²) in [5.41, 5.74) is 0. The Labute approximate surface area is 79.3 Å². The van der Waals surface area contributed by atoms with Crippen molar-refractivity contribution in [1.82, 2.24) is 0 Å². The molecule has 46 valence electrons. The molecule has 0 fully saturated rings. The van der Waals surface area contributed by atoms with Crippen LogP contribution in [0, 0.1) is 0 Å². The van der Waals surface area contributed by atoms with Gasteiger partial charge < -0.3 is 19.2 Å². The van der Waals surface area contributed by atoms with Gasteiger partial charge in [-0.15, -0.1) is 0 Å². The van der Waals surface area contributed by atoms with Crippen LogP contribution in [0.15, 0.2) is 0 Å². The number of rotatable bonds is 0. The zero-order chi connectivity index (χ0) is 4.50. The summed E-state index contributed by atoms with van der Waals surface area (Å²) in [6, 6.07) is 0. The zero-order valence-electron chi connectivity index (χ0n) is 3.70. The van der Waals surface area contributed by atoms with E-state index in [-0.39, 0.29) is 51.7 Å². The molecule has 0 aromatic rings. The summed E-state index contributed by atoms with van der Waals surface area (Å²) >= 11 is 0. The average molecular weight is 430 g/mol. The van der Waals surface area contributed by atoms with Crippen LogP contribution in [0.4, 0.5) is 0 Å². The van der Waals surface area contributed by atoms with Crippen molar-refractivity contribution in [3.8, 4) is 0 Å². The molecule has 4 nitrogen and oxygen atoms in total. The maximum absolute atomic E-state index is 7.33. The van der Waals surface area contributed by atoms with Crippen LogP contribution in [0.2, 0.25) is 0 Å². The summed E-state index contributed by atoms with van der Waals surface area (Å²) in [7, 11) is -4.61. The van der Waals surface area contributed by atoms with Gasteiger partial charge in [-0.25, -0.2) is 0 Å². The van der Waals surface area contributed by atoms with Crippen LogP contribution in [0.3, 0.4) is 0 Å². The van der Waals surface area contributed by atoms with Crippen molar-refractivity contribution in [2.75, 3.05) is 0 Å². The van der Waals surface area contributed by atoms with Gasteiger partial charge in [0.2, 0.25) is 0 Å². The molecule has 0 spiro atoms. The van der Waals surface area contributed by atoms with Crippen LogP contribution in [0.5, 0.6) is 0 Å². The summed E-state index contributed by atoms with van der Waals surface area (Å²) < 4.78 is 0. The van der Waals surface area contributed by atoms with Gasteiger partial charge in [0.05, 0.1) is 0 Å². The third-order valence-corrected chi connectivity index (χ3v) is 0. The van der Waals surface area contributed by atoms with Crippen molar-refractivity contribution in [3.63, 3.8) is 0 Å². The van der Waals surface area contributed by atoms with Crippen molar-refractivity contribution < 1.29 is 19.2 Å². The molecule has 7 heavy (non-hydrogen) atoms. The number of hydrogen-bond donors (Lipinski definition) is 4. The Balaban J connectivity index is -0.0000000800. The second kappa shape index (κ2) is 5.93. The molecule has 2 radical (unpaired) electrons. The van der Waals surface area contributed by atoms with E-state index in [1.54, 1.807) is 0 Å². The summed E-state index contributed by atoms with van der Waals surface area (Å²) in [6.45, 7) is 0. The molecule has 0 saturated heterocycles. The molecule has 0 heterocycles. The van der Waals surface area contributed by atoms with Crippen LogP contribution < -0.4 is 0 Å². The molecule has 0 atom stereocenters. The van der Waals surface area contributed by atoms with Crippen molar-refractivity contribution in [1.29, 1.82) is 0 Å². The zero-order valence-corrected chi connectivity index (χ0v) is 14.2. The molecule has 0 bridgehead atoms. The van der Waals surface area contributed by atoms with Gasteiger partial charge in [0.25, 0.3) is 0 Å². The first-order chi connectivity index (χ1) is 2.00. The van der Waals surface area contributed by atoms with Crippen LogP contribution in [-0.4, -0.2) is 80.0 Å². The van der Waals surface area contributed by atoms with Crippen LogP contribution in [-0.2, 0) is 0 Å². The molecular weight excluding hydrogens is 421 g/mol. The predicted octanol–water partition coefficient (Wildman–Crippen LogP) is -4.71. The Morgan fingerprint density at radius 1 is 0.857 bits per heavy atom. The fraction of sp³-hybridized carbons (Fsp3) is 0. The average Bonchev–Trinajstić information content (AvgIpc) is 0.722. The molecule has 7 heteroatoms. The van der Waals surface area contributed by atoms with E-state index < -0.39 is 9.05 Å². The van der Waals surface area contributed by atoms with Gasteiger partial charge >= 0.3 is 60.8 Å². The number of hydrogen-bond acceptors (Lipinski definition) is 4. The molecule has 0 rings (SSSR count). The van der Waals surface area contributed by atoms with E-state index in [0.717, 1.165) is 0 Å². The fourth-order valence-corrected chi connectivity index (χ4v) is 0. The Morgan fingerprint density at radius 3 is 0.857 bits per heavy atom. The molecular formula is H9O4PbSbSi. The summed E-state index contributed by atoms with van der Waals surface area (Å²) in [4.78, 5) is 29.3. The SMILES string of the molecule is O[Si](O)(O)O.[PbH2].[SbH3]. The summed E-state index contributed by atoms with van der Waals surface area (Å²) in [5.74, 6) is 0. The van der Waals surface area contributed by atoms with Crippen molar-refractivity contribution >= 4 is 60.8 Å². The van der Waals surface area contributed by atoms with Crippen LogP contribution in [0.1, 0.15) is 0 Å². The molecule has 0 aliphatic carbocycles. The molecule has 4 N–H and O–H groups in total. The third kappa shape index (κ3) is 81.1. The van der Waals surface area contributed by atoms with Gasteiger partial charge in [-0.3, -0.25) is 0 Å². The Morgan fingerprint density at radius 2 is 0.857 bits per heavy atom. The Bertz CT molecular complexity index is 27.2. The Kier molecular flexibility index (Phi) is 13.5. The fourth-order valence-electron chi connectivity index (χ4n) is 0. The topological polar surface area (TPSA) is 80.9 Å². The molecule has 0 aromatic heterocycles. The van der Waals surface area contributed by atoms with E-state index in [1.165, 1.54) is 0 Å². The monoisotopic (exact) mass is 430 g/mol. The van der Waals surface area contributed by atoms with E-state index in [0.29, 0.717) is 0 Å². The van der Waals surface area contributed by atoms with Crippen LogP contribution in [0.25, 0.3) is 0 Å². The van der Waals surface area contributed by atoms with Gasteiger partial charge in [0.1, 0.15) is 0 Å². The molecule has 0 saturated carbocycles. The molecule has 0 unspecified atom stereocenters. The maximum atomic E-state index is 7.33. The van der Waals surface area contributed by atoms with E-state index in [1.807, 2.05) is 0 Å². The molecule has 0 aliphatic heterocycles. The summed E-state index contributed by atoms with van der Waals surface area (Å²) in [5, 5.41) is 0. The second-order valence-electron chi connectivity index (χ2n) is 0.600. The van der Waals surface area contributed by atoms with Crippen molar-refractivity contribution in [2.45, 2.75) is 0 Å². The van der Waals surface area contributed by atoms with Gasteiger partial charge in [-0.05, 0) is 0 Å². The second-order valence-corrected chi connectivity index (χ2v) is 1.80. The molecule has 0 aliphatic rings. The minimum atomic E-state index is -4.61. The predicted molar refractivity (Wildman–Crippen MR) is 33.1 cm³/mol.